The molecule has 0 spiro atoms. The number of hydrogen-bond acceptors (Lipinski definition) is 5. The van der Waals surface area contributed by atoms with Crippen molar-refractivity contribution in [3.05, 3.63) is 72.1 Å². The normalized spacial score (nSPS) is 11.2. The molecule has 0 saturated carbocycles. The Kier molecular flexibility index (Phi) is 5.96. The number of fused-ring (bicyclic) bond motifs is 1. The maximum absolute atomic E-state index is 12.3. The number of nitrogens with one attached hydrogen (secondary N) is 2. The summed E-state index contributed by atoms with van der Waals surface area (Å²) in [6, 6.07) is 14.2. The van der Waals surface area contributed by atoms with E-state index in [0.717, 1.165) is 10.9 Å². The van der Waals surface area contributed by atoms with Crippen LogP contribution < -0.4 is 10.7 Å². The molecule has 0 aliphatic carbocycles. The van der Waals surface area contributed by atoms with Crippen molar-refractivity contribution in [3.63, 3.8) is 0 Å². The summed E-state index contributed by atoms with van der Waals surface area (Å²) in [5.41, 5.74) is 3.84. The average Bonchev–Trinajstić information content (AvgIpc) is 2.72. The third kappa shape index (κ3) is 4.70. The first-order valence-corrected chi connectivity index (χ1v) is 8.74. The fourth-order valence-corrected chi connectivity index (χ4v) is 2.68. The van der Waals surface area contributed by atoms with E-state index in [1.165, 1.54) is 0 Å². The van der Waals surface area contributed by atoms with E-state index in [9.17, 15) is 14.7 Å². The number of rotatable bonds is 6. The van der Waals surface area contributed by atoms with Gasteiger partial charge >= 0.3 is 0 Å². The summed E-state index contributed by atoms with van der Waals surface area (Å²) < 4.78 is 0. The highest BCUT2D eigenvalue weighted by Crippen LogP contribution is 2.28. The Morgan fingerprint density at radius 1 is 1.11 bits per heavy atom. The molecule has 0 unspecified atom stereocenters. The largest absolute Gasteiger partial charge is 0.506 e. The number of nitrogens with zero attached hydrogens (tertiary/aromatic N) is 2. The van der Waals surface area contributed by atoms with E-state index >= 15 is 0 Å². The van der Waals surface area contributed by atoms with Gasteiger partial charge in [0.15, 0.2) is 0 Å². The Balaban J connectivity index is 1.57. The van der Waals surface area contributed by atoms with E-state index < -0.39 is 5.91 Å². The van der Waals surface area contributed by atoms with Crippen LogP contribution in [-0.4, -0.2) is 27.6 Å². The van der Waals surface area contributed by atoms with Crippen LogP contribution in [0.25, 0.3) is 10.8 Å². The molecule has 0 radical (unpaired) electrons. The third-order valence-corrected chi connectivity index (χ3v) is 4.12. The van der Waals surface area contributed by atoms with E-state index in [0.29, 0.717) is 17.6 Å². The van der Waals surface area contributed by atoms with Crippen molar-refractivity contribution in [2.75, 3.05) is 0 Å². The smallest absolute Gasteiger partial charge is 0.275 e. The minimum atomic E-state index is -0.543. The van der Waals surface area contributed by atoms with Crippen molar-refractivity contribution in [3.8, 4) is 5.75 Å². The Bertz CT molecular complexity index is 1030. The standard InChI is InChI=1S/C21H20N4O3/c1-14(11-19(26)23-13-15-5-4-10-22-12-15)24-25-21(28)18-9-8-16-6-2-3-7-17(16)20(18)27/h2-10,12,27H,11,13H2,1H3,(H,23,26)(H,25,28)/b24-14-. The Morgan fingerprint density at radius 3 is 2.71 bits per heavy atom. The number of phenolic OH excluding ortho intramolecular Hbond substituents is 1. The second-order valence-electron chi connectivity index (χ2n) is 6.29. The summed E-state index contributed by atoms with van der Waals surface area (Å²) in [5.74, 6) is -0.857. The number of phenols is 1. The van der Waals surface area contributed by atoms with Crippen LogP contribution in [0.15, 0.2) is 66.0 Å². The molecule has 3 rings (SSSR count). The van der Waals surface area contributed by atoms with Crippen LogP contribution in [-0.2, 0) is 11.3 Å². The molecule has 7 nitrogen and oxygen atoms in total. The third-order valence-electron chi connectivity index (χ3n) is 4.12. The molecule has 0 atom stereocenters. The maximum atomic E-state index is 12.3. The van der Waals surface area contributed by atoms with E-state index in [1.54, 1.807) is 49.6 Å². The van der Waals surface area contributed by atoms with Gasteiger partial charge in [-0.25, -0.2) is 5.43 Å². The van der Waals surface area contributed by atoms with Crippen LogP contribution >= 0.6 is 0 Å². The van der Waals surface area contributed by atoms with Crippen LogP contribution in [0.5, 0.6) is 5.75 Å². The Morgan fingerprint density at radius 2 is 1.93 bits per heavy atom. The van der Waals surface area contributed by atoms with Gasteiger partial charge in [-0.3, -0.25) is 14.6 Å². The molecule has 28 heavy (non-hydrogen) atoms. The van der Waals surface area contributed by atoms with Crippen LogP contribution in [0, 0.1) is 0 Å². The van der Waals surface area contributed by atoms with E-state index in [4.69, 9.17) is 0 Å². The SMILES string of the molecule is C/C(CC(=O)NCc1cccnc1)=N/NC(=O)c1ccc2ccccc2c1O. The fourth-order valence-electron chi connectivity index (χ4n) is 2.68. The van der Waals surface area contributed by atoms with Crippen molar-refractivity contribution in [2.45, 2.75) is 19.9 Å². The minimum Gasteiger partial charge on any atom is -0.506 e. The van der Waals surface area contributed by atoms with E-state index in [2.05, 4.69) is 20.8 Å². The molecule has 0 aliphatic heterocycles. The number of aromatic hydroxyl groups is 1. The fraction of sp³-hybridized carbons (Fsp3) is 0.143. The summed E-state index contributed by atoms with van der Waals surface area (Å²) in [7, 11) is 0. The molecule has 0 fully saturated rings. The van der Waals surface area contributed by atoms with Crippen molar-refractivity contribution >= 4 is 28.3 Å². The van der Waals surface area contributed by atoms with Crippen molar-refractivity contribution in [1.29, 1.82) is 0 Å². The van der Waals surface area contributed by atoms with Gasteiger partial charge in [-0.1, -0.05) is 36.4 Å². The lowest BCUT2D eigenvalue weighted by molar-refractivity contribution is -0.120. The van der Waals surface area contributed by atoms with Gasteiger partial charge in [-0.05, 0) is 30.0 Å². The number of benzene rings is 2. The lowest BCUT2D eigenvalue weighted by Gasteiger charge is -2.08. The topological polar surface area (TPSA) is 104 Å². The molecule has 2 aromatic carbocycles. The number of pyridine rings is 1. The van der Waals surface area contributed by atoms with Crippen LogP contribution in [0.2, 0.25) is 0 Å². The average molecular weight is 376 g/mol. The number of aromatic nitrogens is 1. The van der Waals surface area contributed by atoms with Gasteiger partial charge in [0, 0.05) is 30.0 Å². The first kappa shape index (κ1) is 19.0. The summed E-state index contributed by atoms with van der Waals surface area (Å²) >= 11 is 0. The van der Waals surface area contributed by atoms with Crippen LogP contribution in [0.4, 0.5) is 0 Å². The van der Waals surface area contributed by atoms with Crippen molar-refractivity contribution in [2.24, 2.45) is 5.10 Å². The molecular formula is C21H20N4O3. The second-order valence-corrected chi connectivity index (χ2v) is 6.29. The molecular weight excluding hydrogens is 356 g/mol. The van der Waals surface area contributed by atoms with Gasteiger partial charge in [0.05, 0.1) is 12.0 Å². The first-order valence-electron chi connectivity index (χ1n) is 8.74. The maximum Gasteiger partial charge on any atom is 0.275 e. The lowest BCUT2D eigenvalue weighted by atomic mass is 10.1. The zero-order valence-electron chi connectivity index (χ0n) is 15.3. The number of hydrazone groups is 1. The van der Waals surface area contributed by atoms with Crippen molar-refractivity contribution < 1.29 is 14.7 Å². The zero-order chi connectivity index (χ0) is 19.9. The first-order chi connectivity index (χ1) is 13.5. The number of amides is 2. The summed E-state index contributed by atoms with van der Waals surface area (Å²) in [6.45, 7) is 2.02. The highest BCUT2D eigenvalue weighted by Gasteiger charge is 2.13. The Hall–Kier alpha value is -3.74. The molecule has 2 amide bonds. The molecule has 3 N–H and O–H groups in total. The van der Waals surface area contributed by atoms with Gasteiger partial charge in [0.2, 0.25) is 5.91 Å². The molecule has 3 aromatic rings. The van der Waals surface area contributed by atoms with Crippen LogP contribution in [0.3, 0.4) is 0 Å². The number of hydrogen-bond donors (Lipinski definition) is 3. The predicted octanol–water partition coefficient (Wildman–Crippen LogP) is 2.75. The highest BCUT2D eigenvalue weighted by atomic mass is 16.3. The zero-order valence-corrected chi connectivity index (χ0v) is 15.3. The van der Waals surface area contributed by atoms with Gasteiger partial charge in [0.1, 0.15) is 5.75 Å². The predicted molar refractivity (Wildman–Crippen MR) is 107 cm³/mol. The van der Waals surface area contributed by atoms with Crippen LogP contribution in [0.1, 0.15) is 29.3 Å². The number of carbonyl (C=O) groups is 2. The summed E-state index contributed by atoms with van der Waals surface area (Å²) in [5, 5.41) is 18.5. The summed E-state index contributed by atoms with van der Waals surface area (Å²) in [6.07, 6.45) is 3.39. The molecule has 7 heteroatoms. The van der Waals surface area contributed by atoms with E-state index in [1.807, 2.05) is 18.2 Å². The van der Waals surface area contributed by atoms with E-state index in [-0.39, 0.29) is 23.6 Å². The highest BCUT2D eigenvalue weighted by molar-refractivity contribution is 6.04. The van der Waals surface area contributed by atoms with Gasteiger partial charge < -0.3 is 10.4 Å². The minimum absolute atomic E-state index is 0.0459. The molecule has 1 heterocycles. The Labute approximate surface area is 162 Å². The van der Waals surface area contributed by atoms with Gasteiger partial charge in [-0.2, -0.15) is 5.10 Å². The molecule has 1 aromatic heterocycles. The quantitative estimate of drug-likeness (QED) is 0.454. The molecule has 0 aliphatic rings. The van der Waals surface area contributed by atoms with Crippen molar-refractivity contribution in [1.82, 2.24) is 15.7 Å². The van der Waals surface area contributed by atoms with Gasteiger partial charge in [-0.15, -0.1) is 0 Å². The monoisotopic (exact) mass is 376 g/mol. The molecule has 142 valence electrons. The van der Waals surface area contributed by atoms with Gasteiger partial charge in [0.25, 0.3) is 5.91 Å². The lowest BCUT2D eigenvalue weighted by Crippen LogP contribution is -2.26. The summed E-state index contributed by atoms with van der Waals surface area (Å²) in [4.78, 5) is 28.3. The second kappa shape index (κ2) is 8.77. The molecule has 0 bridgehead atoms. The molecule has 0 saturated heterocycles. The number of carbonyl (C=O) groups excluding carboxylic acids is 2.